The summed E-state index contributed by atoms with van der Waals surface area (Å²) < 4.78 is 0. The van der Waals surface area contributed by atoms with Crippen molar-refractivity contribution in [3.8, 4) is 11.1 Å². The number of anilines is 6. The summed E-state index contributed by atoms with van der Waals surface area (Å²) >= 11 is 0. The topological polar surface area (TPSA) is 6.48 Å². The lowest BCUT2D eigenvalue weighted by molar-refractivity contribution is 0.660. The van der Waals surface area contributed by atoms with E-state index in [2.05, 4.69) is 231 Å². The molecule has 0 radical (unpaired) electrons. The third-order valence-electron chi connectivity index (χ3n) is 10.9. The molecule has 260 valence electrons. The first-order chi connectivity index (χ1) is 26.4. The molecule has 1 aliphatic rings. The molecule has 0 saturated carbocycles. The Morgan fingerprint density at radius 1 is 0.370 bits per heavy atom. The molecule has 0 aliphatic heterocycles. The summed E-state index contributed by atoms with van der Waals surface area (Å²) in [6, 6.07) is 68.1. The highest BCUT2D eigenvalue weighted by molar-refractivity contribution is 5.91. The zero-order valence-electron chi connectivity index (χ0n) is 30.9. The van der Waals surface area contributed by atoms with Crippen LogP contribution in [0.4, 0.5) is 34.1 Å². The molecule has 8 aromatic carbocycles. The van der Waals surface area contributed by atoms with Gasteiger partial charge in [-0.3, -0.25) is 0 Å². The fourth-order valence-electron chi connectivity index (χ4n) is 7.97. The van der Waals surface area contributed by atoms with Gasteiger partial charge in [0.25, 0.3) is 0 Å². The highest BCUT2D eigenvalue weighted by Gasteiger charge is 2.36. The standard InChI is InChI=1S/C52H42N2/c1-37-18-26-44(27-19-37)54(46-30-25-40-12-10-11-13-41(40)35-46)47-31-33-49-48-32-24-39(34-50(48)52(2,3)51(49)36-47)21-20-38-22-28-45(29-23-38)53(42-14-6-4-7-15-42)43-16-8-5-9-17-43/h4-36H,1-3H3. The van der Waals surface area contributed by atoms with Gasteiger partial charge in [0, 0.05) is 39.5 Å². The first kappa shape index (κ1) is 33.2. The van der Waals surface area contributed by atoms with Crippen LogP contribution >= 0.6 is 0 Å². The van der Waals surface area contributed by atoms with Gasteiger partial charge in [-0.1, -0.05) is 147 Å². The summed E-state index contributed by atoms with van der Waals surface area (Å²) in [5, 5.41) is 2.48. The van der Waals surface area contributed by atoms with Gasteiger partial charge in [-0.15, -0.1) is 0 Å². The second kappa shape index (κ2) is 13.7. The molecule has 0 atom stereocenters. The average Bonchev–Trinajstić information content (AvgIpc) is 3.44. The molecule has 9 rings (SSSR count). The largest absolute Gasteiger partial charge is 0.311 e. The first-order valence-corrected chi connectivity index (χ1v) is 18.8. The third kappa shape index (κ3) is 6.16. The van der Waals surface area contributed by atoms with Crippen LogP contribution in [0.25, 0.3) is 34.1 Å². The van der Waals surface area contributed by atoms with Crippen molar-refractivity contribution in [2.75, 3.05) is 9.80 Å². The van der Waals surface area contributed by atoms with E-state index in [1.165, 1.54) is 44.2 Å². The van der Waals surface area contributed by atoms with E-state index < -0.39 is 0 Å². The zero-order chi connectivity index (χ0) is 36.6. The minimum Gasteiger partial charge on any atom is -0.311 e. The van der Waals surface area contributed by atoms with Gasteiger partial charge in [0.05, 0.1) is 0 Å². The lowest BCUT2D eigenvalue weighted by Crippen LogP contribution is -2.16. The molecule has 1 aliphatic carbocycles. The van der Waals surface area contributed by atoms with Crippen LogP contribution in [0.2, 0.25) is 0 Å². The number of nitrogens with zero attached hydrogens (tertiary/aromatic N) is 2. The van der Waals surface area contributed by atoms with E-state index >= 15 is 0 Å². The van der Waals surface area contributed by atoms with Crippen molar-refractivity contribution in [3.63, 3.8) is 0 Å². The fourth-order valence-corrected chi connectivity index (χ4v) is 7.97. The third-order valence-corrected chi connectivity index (χ3v) is 10.9. The second-order valence-corrected chi connectivity index (χ2v) is 14.8. The predicted octanol–water partition coefficient (Wildman–Crippen LogP) is 14.6. The van der Waals surface area contributed by atoms with Crippen LogP contribution in [0.1, 0.15) is 41.7 Å². The van der Waals surface area contributed by atoms with Gasteiger partial charge in [0.2, 0.25) is 0 Å². The molecule has 0 unspecified atom stereocenters. The molecule has 0 fully saturated rings. The van der Waals surface area contributed by atoms with Gasteiger partial charge in [-0.05, 0) is 124 Å². The lowest BCUT2D eigenvalue weighted by Gasteiger charge is -2.28. The molecule has 0 N–H and O–H groups in total. The lowest BCUT2D eigenvalue weighted by atomic mass is 9.81. The van der Waals surface area contributed by atoms with Crippen molar-refractivity contribution in [2.24, 2.45) is 0 Å². The first-order valence-electron chi connectivity index (χ1n) is 18.8. The van der Waals surface area contributed by atoms with Gasteiger partial charge < -0.3 is 9.80 Å². The molecular formula is C52H42N2. The summed E-state index contributed by atoms with van der Waals surface area (Å²) in [5.41, 5.74) is 15.7. The van der Waals surface area contributed by atoms with Crippen molar-refractivity contribution in [1.29, 1.82) is 0 Å². The van der Waals surface area contributed by atoms with Crippen LogP contribution in [0.15, 0.2) is 188 Å². The Hall–Kier alpha value is -6.64. The molecule has 0 amide bonds. The van der Waals surface area contributed by atoms with Crippen LogP contribution in [-0.2, 0) is 5.41 Å². The SMILES string of the molecule is Cc1ccc(N(c2ccc3c(c2)C(C)(C)c2cc(C=Cc4ccc(N(c5ccccc5)c5ccccc5)cc4)ccc2-3)c2ccc3ccccc3c2)cc1. The monoisotopic (exact) mass is 694 g/mol. The molecule has 0 heterocycles. The second-order valence-electron chi connectivity index (χ2n) is 14.8. The normalized spacial score (nSPS) is 12.8. The number of rotatable bonds is 8. The Kier molecular flexibility index (Phi) is 8.44. The van der Waals surface area contributed by atoms with Crippen LogP contribution in [0.3, 0.4) is 0 Å². The van der Waals surface area contributed by atoms with Crippen molar-refractivity contribution in [1.82, 2.24) is 0 Å². The maximum Gasteiger partial charge on any atom is 0.0468 e. The number of fused-ring (bicyclic) bond motifs is 4. The number of hydrogen-bond donors (Lipinski definition) is 0. The molecule has 0 bridgehead atoms. The Labute approximate surface area is 318 Å². The Morgan fingerprint density at radius 3 is 1.48 bits per heavy atom. The van der Waals surface area contributed by atoms with E-state index in [4.69, 9.17) is 0 Å². The zero-order valence-corrected chi connectivity index (χ0v) is 30.9. The number of benzene rings is 8. The highest BCUT2D eigenvalue weighted by atomic mass is 15.1. The fraction of sp³-hybridized carbons (Fsp3) is 0.0769. The molecular weight excluding hydrogens is 653 g/mol. The molecule has 2 heteroatoms. The maximum absolute atomic E-state index is 2.41. The van der Waals surface area contributed by atoms with Crippen LogP contribution < -0.4 is 9.80 Å². The quantitative estimate of drug-likeness (QED) is 0.146. The van der Waals surface area contributed by atoms with Crippen molar-refractivity contribution < 1.29 is 0 Å². The predicted molar refractivity (Wildman–Crippen MR) is 231 cm³/mol. The molecule has 8 aromatic rings. The number of hydrogen-bond acceptors (Lipinski definition) is 2. The van der Waals surface area contributed by atoms with Crippen molar-refractivity contribution >= 4 is 57.0 Å². The molecule has 0 saturated heterocycles. The molecule has 0 aromatic heterocycles. The number of para-hydroxylation sites is 2. The van der Waals surface area contributed by atoms with Crippen molar-refractivity contribution in [3.05, 3.63) is 216 Å². The highest BCUT2D eigenvalue weighted by Crippen LogP contribution is 2.51. The minimum absolute atomic E-state index is 0.160. The van der Waals surface area contributed by atoms with E-state index in [0.717, 1.165) is 39.7 Å². The summed E-state index contributed by atoms with van der Waals surface area (Å²) in [5.74, 6) is 0. The number of aryl methyl sites for hydroxylation is 1. The Morgan fingerprint density at radius 2 is 0.815 bits per heavy atom. The summed E-state index contributed by atoms with van der Waals surface area (Å²) in [6.45, 7) is 6.88. The summed E-state index contributed by atoms with van der Waals surface area (Å²) in [7, 11) is 0. The van der Waals surface area contributed by atoms with E-state index in [0.29, 0.717) is 0 Å². The Bertz CT molecular complexity index is 2580. The Balaban J connectivity index is 1.01. The van der Waals surface area contributed by atoms with Crippen LogP contribution in [-0.4, -0.2) is 0 Å². The molecule has 2 nitrogen and oxygen atoms in total. The van der Waals surface area contributed by atoms with E-state index in [9.17, 15) is 0 Å². The van der Waals surface area contributed by atoms with Gasteiger partial charge in [0.15, 0.2) is 0 Å². The van der Waals surface area contributed by atoms with Gasteiger partial charge in [0.1, 0.15) is 0 Å². The smallest absolute Gasteiger partial charge is 0.0468 e. The molecule has 54 heavy (non-hydrogen) atoms. The molecule has 0 spiro atoms. The minimum atomic E-state index is -0.160. The maximum atomic E-state index is 2.41. The van der Waals surface area contributed by atoms with Crippen LogP contribution in [0.5, 0.6) is 0 Å². The van der Waals surface area contributed by atoms with Crippen molar-refractivity contribution in [2.45, 2.75) is 26.2 Å². The van der Waals surface area contributed by atoms with Gasteiger partial charge in [-0.25, -0.2) is 0 Å². The van der Waals surface area contributed by atoms with E-state index in [-0.39, 0.29) is 5.41 Å². The summed E-state index contributed by atoms with van der Waals surface area (Å²) in [4.78, 5) is 4.69. The van der Waals surface area contributed by atoms with Gasteiger partial charge >= 0.3 is 0 Å². The average molecular weight is 695 g/mol. The van der Waals surface area contributed by atoms with E-state index in [1.807, 2.05) is 0 Å². The van der Waals surface area contributed by atoms with Crippen LogP contribution in [0, 0.1) is 6.92 Å². The van der Waals surface area contributed by atoms with E-state index in [1.54, 1.807) is 0 Å². The summed E-state index contributed by atoms with van der Waals surface area (Å²) in [6.07, 6.45) is 4.46. The van der Waals surface area contributed by atoms with Gasteiger partial charge in [-0.2, -0.15) is 0 Å².